The van der Waals surface area contributed by atoms with Gasteiger partial charge >= 0.3 is 0 Å². The minimum Gasteiger partial charge on any atom is -0.492 e. The lowest BCUT2D eigenvalue weighted by Gasteiger charge is -2.31. The summed E-state index contributed by atoms with van der Waals surface area (Å²) < 4.78 is 32.7. The molecule has 1 N–H and O–H groups in total. The Morgan fingerprint density at radius 3 is 2.78 bits per heavy atom. The van der Waals surface area contributed by atoms with Crippen LogP contribution in [-0.2, 0) is 14.8 Å². The van der Waals surface area contributed by atoms with Crippen molar-refractivity contribution in [2.75, 3.05) is 26.2 Å². The molecule has 1 atom stereocenters. The van der Waals surface area contributed by atoms with E-state index in [-0.39, 0.29) is 28.3 Å². The Balaban J connectivity index is 2.07. The Hall–Kier alpha value is -1.31. The number of sulfonamides is 1. The highest BCUT2D eigenvalue weighted by Crippen LogP contribution is 2.30. The van der Waals surface area contributed by atoms with Crippen molar-refractivity contribution in [3.05, 3.63) is 23.2 Å². The Kier molecular flexibility index (Phi) is 7.94. The zero-order valence-electron chi connectivity index (χ0n) is 16.2. The molecule has 0 bridgehead atoms. The maximum absolute atomic E-state index is 13.0. The van der Waals surface area contributed by atoms with Crippen LogP contribution in [0, 0.1) is 11.8 Å². The van der Waals surface area contributed by atoms with Gasteiger partial charge in [-0.25, -0.2) is 8.42 Å². The van der Waals surface area contributed by atoms with Crippen molar-refractivity contribution in [2.45, 2.75) is 44.9 Å². The third kappa shape index (κ3) is 5.83. The number of piperidine rings is 1. The lowest BCUT2D eigenvalue weighted by molar-refractivity contribution is -0.126. The van der Waals surface area contributed by atoms with Gasteiger partial charge in [0.2, 0.25) is 15.9 Å². The molecule has 1 fully saturated rings. The smallest absolute Gasteiger partial charge is 0.243 e. The number of halogens is 1. The summed E-state index contributed by atoms with van der Waals surface area (Å²) in [5.41, 5.74) is 0. The van der Waals surface area contributed by atoms with E-state index in [1.807, 2.05) is 6.92 Å². The molecule has 0 unspecified atom stereocenters. The lowest BCUT2D eigenvalue weighted by Crippen LogP contribution is -2.45. The fourth-order valence-electron chi connectivity index (χ4n) is 3.07. The lowest BCUT2D eigenvalue weighted by atomic mass is 9.98. The largest absolute Gasteiger partial charge is 0.492 e. The molecule has 0 saturated carbocycles. The van der Waals surface area contributed by atoms with Crippen LogP contribution in [0.2, 0.25) is 5.02 Å². The van der Waals surface area contributed by atoms with Crippen molar-refractivity contribution in [1.82, 2.24) is 9.62 Å². The van der Waals surface area contributed by atoms with E-state index in [1.54, 1.807) is 6.07 Å². The SMILES string of the molecule is CCOc1ccc(S(=O)(=O)N2CCC[C@H](C(=O)NCCC(C)C)C2)cc1Cl. The van der Waals surface area contributed by atoms with Gasteiger partial charge in [0.25, 0.3) is 0 Å². The van der Waals surface area contributed by atoms with Gasteiger partial charge in [-0.15, -0.1) is 0 Å². The highest BCUT2D eigenvalue weighted by atomic mass is 35.5. The van der Waals surface area contributed by atoms with E-state index in [9.17, 15) is 13.2 Å². The van der Waals surface area contributed by atoms with Gasteiger partial charge in [-0.1, -0.05) is 25.4 Å². The first kappa shape index (κ1) is 22.0. The molecular formula is C19H29ClN2O4S. The highest BCUT2D eigenvalue weighted by Gasteiger charge is 2.33. The number of carbonyl (C=O) groups excluding carboxylic acids is 1. The van der Waals surface area contributed by atoms with Crippen molar-refractivity contribution in [3.8, 4) is 5.75 Å². The van der Waals surface area contributed by atoms with Crippen LogP contribution in [0.5, 0.6) is 5.75 Å². The molecule has 1 aliphatic rings. The van der Waals surface area contributed by atoms with Crippen molar-refractivity contribution in [2.24, 2.45) is 11.8 Å². The van der Waals surface area contributed by atoms with Crippen LogP contribution < -0.4 is 10.1 Å². The fourth-order valence-corrected chi connectivity index (χ4v) is 4.92. The average Bonchev–Trinajstić information content (AvgIpc) is 2.63. The molecule has 0 spiro atoms. The van der Waals surface area contributed by atoms with Crippen LogP contribution in [0.15, 0.2) is 23.1 Å². The van der Waals surface area contributed by atoms with Gasteiger partial charge in [-0.2, -0.15) is 4.31 Å². The topological polar surface area (TPSA) is 75.7 Å². The summed E-state index contributed by atoms with van der Waals surface area (Å²) in [6, 6.07) is 4.48. The van der Waals surface area contributed by atoms with E-state index >= 15 is 0 Å². The van der Waals surface area contributed by atoms with Crippen LogP contribution in [0.4, 0.5) is 0 Å². The van der Waals surface area contributed by atoms with Gasteiger partial charge in [0, 0.05) is 19.6 Å². The zero-order chi connectivity index (χ0) is 20.0. The molecule has 0 aliphatic carbocycles. The summed E-state index contributed by atoms with van der Waals surface area (Å²) in [5, 5.41) is 3.19. The maximum atomic E-state index is 13.0. The Bertz CT molecular complexity index is 752. The predicted octanol–water partition coefficient (Wildman–Crippen LogP) is 3.30. The number of nitrogens with zero attached hydrogens (tertiary/aromatic N) is 1. The van der Waals surface area contributed by atoms with E-state index in [0.717, 1.165) is 6.42 Å². The third-order valence-electron chi connectivity index (χ3n) is 4.62. The molecule has 8 heteroatoms. The minimum absolute atomic E-state index is 0.0692. The zero-order valence-corrected chi connectivity index (χ0v) is 17.8. The number of hydrogen-bond donors (Lipinski definition) is 1. The first-order valence-corrected chi connectivity index (χ1v) is 11.3. The first-order valence-electron chi connectivity index (χ1n) is 9.46. The molecule has 1 aromatic carbocycles. The molecule has 0 aromatic heterocycles. The van der Waals surface area contributed by atoms with Crippen LogP contribution >= 0.6 is 11.6 Å². The van der Waals surface area contributed by atoms with Crippen molar-refractivity contribution in [3.63, 3.8) is 0 Å². The number of hydrogen-bond acceptors (Lipinski definition) is 4. The molecule has 1 aliphatic heterocycles. The van der Waals surface area contributed by atoms with Crippen LogP contribution in [-0.4, -0.2) is 44.9 Å². The highest BCUT2D eigenvalue weighted by molar-refractivity contribution is 7.89. The number of amides is 1. The van der Waals surface area contributed by atoms with E-state index in [1.165, 1.54) is 16.4 Å². The molecule has 152 valence electrons. The summed E-state index contributed by atoms with van der Waals surface area (Å²) in [5.74, 6) is 0.580. The van der Waals surface area contributed by atoms with Gasteiger partial charge in [-0.3, -0.25) is 4.79 Å². The van der Waals surface area contributed by atoms with E-state index < -0.39 is 10.0 Å². The Morgan fingerprint density at radius 1 is 1.41 bits per heavy atom. The normalized spacial score (nSPS) is 18.5. The number of nitrogens with one attached hydrogen (secondary N) is 1. The summed E-state index contributed by atoms with van der Waals surface area (Å²) in [6.07, 6.45) is 2.26. The summed E-state index contributed by atoms with van der Waals surface area (Å²) >= 11 is 6.14. The van der Waals surface area contributed by atoms with Crippen molar-refractivity contribution in [1.29, 1.82) is 0 Å². The monoisotopic (exact) mass is 416 g/mol. The minimum atomic E-state index is -3.70. The molecule has 1 aromatic rings. The predicted molar refractivity (Wildman–Crippen MR) is 107 cm³/mol. The summed E-state index contributed by atoms with van der Waals surface area (Å²) in [7, 11) is -3.70. The number of carbonyl (C=O) groups is 1. The molecule has 1 amide bonds. The fraction of sp³-hybridized carbons (Fsp3) is 0.632. The van der Waals surface area contributed by atoms with Crippen LogP contribution in [0.1, 0.15) is 40.0 Å². The van der Waals surface area contributed by atoms with Crippen molar-refractivity contribution >= 4 is 27.5 Å². The second-order valence-corrected chi connectivity index (χ2v) is 9.55. The van der Waals surface area contributed by atoms with Gasteiger partial charge in [0.15, 0.2) is 0 Å². The quantitative estimate of drug-likeness (QED) is 0.705. The molecule has 27 heavy (non-hydrogen) atoms. The van der Waals surface area contributed by atoms with Crippen LogP contribution in [0.3, 0.4) is 0 Å². The Morgan fingerprint density at radius 2 is 2.15 bits per heavy atom. The molecular weight excluding hydrogens is 388 g/mol. The van der Waals surface area contributed by atoms with E-state index in [0.29, 0.717) is 44.2 Å². The first-order chi connectivity index (χ1) is 12.8. The van der Waals surface area contributed by atoms with Gasteiger partial charge in [-0.05, 0) is 50.3 Å². The van der Waals surface area contributed by atoms with Crippen LogP contribution in [0.25, 0.3) is 0 Å². The maximum Gasteiger partial charge on any atom is 0.243 e. The average molecular weight is 417 g/mol. The standard InChI is InChI=1S/C19H29ClN2O4S/c1-4-26-18-8-7-16(12-17(18)20)27(24,25)22-11-5-6-15(13-22)19(23)21-10-9-14(2)3/h7-8,12,14-15H,4-6,9-11,13H2,1-3H3,(H,21,23)/t15-/m0/s1. The Labute approximate surface area is 167 Å². The van der Waals surface area contributed by atoms with E-state index in [2.05, 4.69) is 19.2 Å². The summed E-state index contributed by atoms with van der Waals surface area (Å²) in [4.78, 5) is 12.5. The number of rotatable bonds is 8. The van der Waals surface area contributed by atoms with Crippen molar-refractivity contribution < 1.29 is 17.9 Å². The second-order valence-electron chi connectivity index (χ2n) is 7.20. The number of ether oxygens (including phenoxy) is 1. The summed E-state index contributed by atoms with van der Waals surface area (Å²) in [6.45, 7) is 7.70. The molecule has 2 rings (SSSR count). The van der Waals surface area contributed by atoms with E-state index in [4.69, 9.17) is 16.3 Å². The molecule has 1 saturated heterocycles. The van der Waals surface area contributed by atoms with Gasteiger partial charge in [0.1, 0.15) is 5.75 Å². The van der Waals surface area contributed by atoms with Gasteiger partial charge < -0.3 is 10.1 Å². The molecule has 1 heterocycles. The van der Waals surface area contributed by atoms with Gasteiger partial charge in [0.05, 0.1) is 22.4 Å². The molecule has 0 radical (unpaired) electrons. The molecule has 6 nitrogen and oxygen atoms in total. The third-order valence-corrected chi connectivity index (χ3v) is 6.77. The number of benzene rings is 1. The second kappa shape index (κ2) is 9.75.